The average molecular weight is 355 g/mol. The first kappa shape index (κ1) is 16.1. The quantitative estimate of drug-likeness (QED) is 0.785. The van der Waals surface area contributed by atoms with Gasteiger partial charge in [-0.25, -0.2) is 4.98 Å². The lowest BCUT2D eigenvalue weighted by Gasteiger charge is -2.36. The molecule has 3 aromatic rings. The van der Waals surface area contributed by atoms with Gasteiger partial charge in [0.15, 0.2) is 0 Å². The zero-order chi connectivity index (χ0) is 17.2. The molecule has 0 amide bonds. The standard InChI is InChI=1S/C19H19ClN4O/c20-14-5-1-4-8-18(14)24-11-9-23(10-12-24)13-17-19(25)22-16-7-3-2-6-15(16)21-17/h1-8H,9-13H2,(H,22,25). The van der Waals surface area contributed by atoms with Crippen LogP contribution in [0, 0.1) is 0 Å². The molecule has 5 nitrogen and oxygen atoms in total. The van der Waals surface area contributed by atoms with Crippen LogP contribution >= 0.6 is 11.6 Å². The van der Waals surface area contributed by atoms with Crippen molar-refractivity contribution in [3.63, 3.8) is 0 Å². The topological polar surface area (TPSA) is 52.2 Å². The maximum atomic E-state index is 12.3. The second-order valence-electron chi connectivity index (χ2n) is 6.24. The Kier molecular flexibility index (Phi) is 4.42. The molecule has 2 aromatic carbocycles. The highest BCUT2D eigenvalue weighted by atomic mass is 35.5. The van der Waals surface area contributed by atoms with Gasteiger partial charge >= 0.3 is 0 Å². The summed E-state index contributed by atoms with van der Waals surface area (Å²) in [5.74, 6) is 0. The van der Waals surface area contributed by atoms with Crippen molar-refractivity contribution in [3.05, 3.63) is 69.6 Å². The van der Waals surface area contributed by atoms with Crippen LogP contribution in [-0.2, 0) is 6.54 Å². The van der Waals surface area contributed by atoms with Gasteiger partial charge < -0.3 is 9.88 Å². The van der Waals surface area contributed by atoms with E-state index in [1.54, 1.807) is 0 Å². The first-order valence-corrected chi connectivity index (χ1v) is 8.78. The molecule has 6 heteroatoms. The van der Waals surface area contributed by atoms with Crippen LogP contribution in [0.1, 0.15) is 5.69 Å². The van der Waals surface area contributed by atoms with E-state index in [1.807, 2.05) is 48.5 Å². The van der Waals surface area contributed by atoms with Gasteiger partial charge in [-0.3, -0.25) is 9.69 Å². The van der Waals surface area contributed by atoms with E-state index in [0.29, 0.717) is 12.2 Å². The molecule has 128 valence electrons. The Labute approximate surface area is 150 Å². The molecule has 0 aliphatic carbocycles. The number of para-hydroxylation sites is 3. The fourth-order valence-electron chi connectivity index (χ4n) is 3.24. The van der Waals surface area contributed by atoms with Crippen molar-refractivity contribution in [3.8, 4) is 0 Å². The van der Waals surface area contributed by atoms with E-state index in [1.165, 1.54) is 0 Å². The molecule has 1 aliphatic rings. The number of hydrogen-bond donors (Lipinski definition) is 1. The smallest absolute Gasteiger partial charge is 0.271 e. The van der Waals surface area contributed by atoms with Gasteiger partial charge in [-0.15, -0.1) is 0 Å². The molecule has 1 aromatic heterocycles. The van der Waals surface area contributed by atoms with Crippen molar-refractivity contribution in [1.29, 1.82) is 0 Å². The molecular formula is C19H19ClN4O. The molecule has 1 N–H and O–H groups in total. The first-order chi connectivity index (χ1) is 12.2. The molecule has 0 bridgehead atoms. The van der Waals surface area contributed by atoms with Gasteiger partial charge in [-0.1, -0.05) is 35.9 Å². The van der Waals surface area contributed by atoms with Gasteiger partial charge in [0.2, 0.25) is 0 Å². The van der Waals surface area contributed by atoms with Crippen molar-refractivity contribution < 1.29 is 0 Å². The van der Waals surface area contributed by atoms with Crippen molar-refractivity contribution in [2.24, 2.45) is 0 Å². The summed E-state index contributed by atoms with van der Waals surface area (Å²) < 4.78 is 0. The molecule has 1 aliphatic heterocycles. The highest BCUT2D eigenvalue weighted by Crippen LogP contribution is 2.26. The number of rotatable bonds is 3. The van der Waals surface area contributed by atoms with Gasteiger partial charge in [0.25, 0.3) is 5.56 Å². The Balaban J connectivity index is 1.46. The summed E-state index contributed by atoms with van der Waals surface area (Å²) in [6.45, 7) is 4.08. The normalized spacial score (nSPS) is 15.6. The van der Waals surface area contributed by atoms with Crippen molar-refractivity contribution in [2.45, 2.75) is 6.54 Å². The van der Waals surface area contributed by atoms with Crippen molar-refractivity contribution >= 4 is 28.3 Å². The van der Waals surface area contributed by atoms with Gasteiger partial charge in [0.05, 0.1) is 21.7 Å². The second-order valence-corrected chi connectivity index (χ2v) is 6.65. The molecule has 25 heavy (non-hydrogen) atoms. The van der Waals surface area contributed by atoms with Crippen LogP contribution < -0.4 is 10.5 Å². The molecule has 1 fully saturated rings. The van der Waals surface area contributed by atoms with Crippen LogP contribution in [0.15, 0.2) is 53.3 Å². The number of anilines is 1. The Bertz CT molecular complexity index is 947. The van der Waals surface area contributed by atoms with E-state index >= 15 is 0 Å². The van der Waals surface area contributed by atoms with Crippen LogP contribution in [0.3, 0.4) is 0 Å². The van der Waals surface area contributed by atoms with E-state index in [9.17, 15) is 4.79 Å². The SMILES string of the molecule is O=c1[nH]c2ccccc2nc1CN1CCN(c2ccccc2Cl)CC1. The molecule has 4 rings (SSSR count). The summed E-state index contributed by atoms with van der Waals surface area (Å²) in [4.78, 5) is 24.3. The van der Waals surface area contributed by atoms with Crippen LogP contribution in [0.4, 0.5) is 5.69 Å². The first-order valence-electron chi connectivity index (χ1n) is 8.40. The third kappa shape index (κ3) is 3.38. The fraction of sp³-hybridized carbons (Fsp3) is 0.263. The molecule has 0 radical (unpaired) electrons. The zero-order valence-corrected chi connectivity index (χ0v) is 14.5. The highest BCUT2D eigenvalue weighted by Gasteiger charge is 2.20. The van der Waals surface area contributed by atoms with Gasteiger partial charge in [-0.05, 0) is 24.3 Å². The fourth-order valence-corrected chi connectivity index (χ4v) is 3.50. The molecular weight excluding hydrogens is 336 g/mol. The number of halogens is 1. The zero-order valence-electron chi connectivity index (χ0n) is 13.8. The summed E-state index contributed by atoms with van der Waals surface area (Å²) >= 11 is 6.29. The third-order valence-electron chi connectivity index (χ3n) is 4.61. The molecule has 0 spiro atoms. The van der Waals surface area contributed by atoms with E-state index in [-0.39, 0.29) is 5.56 Å². The van der Waals surface area contributed by atoms with Crippen LogP contribution in [-0.4, -0.2) is 41.0 Å². The lowest BCUT2D eigenvalue weighted by atomic mass is 10.2. The third-order valence-corrected chi connectivity index (χ3v) is 4.93. The maximum absolute atomic E-state index is 12.3. The number of piperazine rings is 1. The van der Waals surface area contributed by atoms with E-state index in [0.717, 1.165) is 47.9 Å². The summed E-state index contributed by atoms with van der Waals surface area (Å²) in [5, 5.41) is 0.781. The lowest BCUT2D eigenvalue weighted by molar-refractivity contribution is 0.246. The minimum Gasteiger partial charge on any atom is -0.368 e. The Morgan fingerprint density at radius 2 is 1.72 bits per heavy atom. The average Bonchev–Trinajstić information content (AvgIpc) is 2.63. The van der Waals surface area contributed by atoms with Crippen molar-refractivity contribution in [2.75, 3.05) is 31.1 Å². The number of H-pyrrole nitrogens is 1. The largest absolute Gasteiger partial charge is 0.368 e. The monoisotopic (exact) mass is 354 g/mol. The van der Waals surface area contributed by atoms with Crippen LogP contribution in [0.2, 0.25) is 5.02 Å². The number of nitrogens with one attached hydrogen (secondary N) is 1. The van der Waals surface area contributed by atoms with E-state index in [4.69, 9.17) is 11.6 Å². The molecule has 2 heterocycles. The number of hydrogen-bond acceptors (Lipinski definition) is 4. The second kappa shape index (κ2) is 6.86. The Morgan fingerprint density at radius 3 is 2.52 bits per heavy atom. The van der Waals surface area contributed by atoms with Crippen LogP contribution in [0.5, 0.6) is 0 Å². The summed E-state index contributed by atoms with van der Waals surface area (Å²) in [6, 6.07) is 15.5. The Morgan fingerprint density at radius 1 is 1.00 bits per heavy atom. The van der Waals surface area contributed by atoms with Gasteiger partial charge in [-0.2, -0.15) is 0 Å². The summed E-state index contributed by atoms with van der Waals surface area (Å²) in [7, 11) is 0. The number of fused-ring (bicyclic) bond motifs is 1. The predicted molar refractivity (Wildman–Crippen MR) is 101 cm³/mol. The number of aromatic amines is 1. The minimum absolute atomic E-state index is 0.104. The maximum Gasteiger partial charge on any atom is 0.271 e. The predicted octanol–water partition coefficient (Wildman–Crippen LogP) is 2.90. The summed E-state index contributed by atoms with van der Waals surface area (Å²) in [5.41, 5.74) is 3.15. The number of benzene rings is 2. The van der Waals surface area contributed by atoms with E-state index in [2.05, 4.69) is 19.8 Å². The highest BCUT2D eigenvalue weighted by molar-refractivity contribution is 6.33. The lowest BCUT2D eigenvalue weighted by Crippen LogP contribution is -2.46. The molecule has 0 atom stereocenters. The van der Waals surface area contributed by atoms with Crippen molar-refractivity contribution in [1.82, 2.24) is 14.9 Å². The van der Waals surface area contributed by atoms with Gasteiger partial charge in [0.1, 0.15) is 5.69 Å². The molecule has 0 saturated carbocycles. The number of aromatic nitrogens is 2. The van der Waals surface area contributed by atoms with Crippen LogP contribution in [0.25, 0.3) is 11.0 Å². The molecule has 1 saturated heterocycles. The number of nitrogens with zero attached hydrogens (tertiary/aromatic N) is 3. The Hall–Kier alpha value is -2.37. The van der Waals surface area contributed by atoms with Gasteiger partial charge in [0, 0.05) is 32.7 Å². The minimum atomic E-state index is -0.104. The molecule has 0 unspecified atom stereocenters. The summed E-state index contributed by atoms with van der Waals surface area (Å²) in [6.07, 6.45) is 0. The van der Waals surface area contributed by atoms with E-state index < -0.39 is 0 Å².